The Morgan fingerprint density at radius 1 is 1.22 bits per heavy atom. The number of benzene rings is 2. The molecule has 4 rings (SSSR count). The summed E-state index contributed by atoms with van der Waals surface area (Å²) >= 11 is 1.61. The Morgan fingerprint density at radius 3 is 2.70 bits per heavy atom. The number of primary amides is 1. The van der Waals surface area contributed by atoms with Crippen molar-refractivity contribution < 1.29 is 4.79 Å². The van der Waals surface area contributed by atoms with E-state index in [-0.39, 0.29) is 0 Å². The zero-order valence-electron chi connectivity index (χ0n) is 14.6. The van der Waals surface area contributed by atoms with Gasteiger partial charge in [0.2, 0.25) is 0 Å². The van der Waals surface area contributed by atoms with Crippen molar-refractivity contribution in [1.29, 1.82) is 0 Å². The molecule has 0 saturated carbocycles. The third-order valence-electron chi connectivity index (χ3n) is 4.29. The summed E-state index contributed by atoms with van der Waals surface area (Å²) in [4.78, 5) is 16.2. The van der Waals surface area contributed by atoms with Crippen molar-refractivity contribution in [2.45, 2.75) is 13.5 Å². The number of nitrogens with two attached hydrogens (primary N) is 1. The second kappa shape index (κ2) is 7.06. The maximum absolute atomic E-state index is 11.9. The van der Waals surface area contributed by atoms with Crippen molar-refractivity contribution in [2.24, 2.45) is 5.73 Å². The molecule has 5 nitrogen and oxygen atoms in total. The van der Waals surface area contributed by atoms with Crippen LogP contribution in [0.4, 0.5) is 0 Å². The van der Waals surface area contributed by atoms with E-state index in [0.717, 1.165) is 27.1 Å². The van der Waals surface area contributed by atoms with Crippen molar-refractivity contribution in [2.75, 3.05) is 0 Å². The Morgan fingerprint density at radius 2 is 2.04 bits per heavy atom. The first-order valence-electron chi connectivity index (χ1n) is 8.37. The number of fused-ring (bicyclic) bond motifs is 1. The van der Waals surface area contributed by atoms with Gasteiger partial charge in [0, 0.05) is 28.1 Å². The van der Waals surface area contributed by atoms with E-state index in [9.17, 15) is 4.79 Å². The van der Waals surface area contributed by atoms with E-state index in [0.29, 0.717) is 17.6 Å². The van der Waals surface area contributed by atoms with Crippen LogP contribution >= 0.6 is 11.3 Å². The molecule has 0 bridgehead atoms. The molecule has 2 heterocycles. The van der Waals surface area contributed by atoms with E-state index >= 15 is 0 Å². The first-order valence-corrected chi connectivity index (χ1v) is 9.25. The summed E-state index contributed by atoms with van der Waals surface area (Å²) in [6, 6.07) is 11.7. The minimum Gasteiger partial charge on any atom is -0.366 e. The van der Waals surface area contributed by atoms with Crippen LogP contribution < -0.4 is 5.73 Å². The molecule has 27 heavy (non-hydrogen) atoms. The summed E-state index contributed by atoms with van der Waals surface area (Å²) in [6.07, 6.45) is 3.54. The number of hydrogen-bond acceptors (Lipinski definition) is 4. The average Bonchev–Trinajstić information content (AvgIpc) is 3.34. The Hall–Kier alpha value is -3.43. The van der Waals surface area contributed by atoms with Gasteiger partial charge in [-0.25, -0.2) is 4.98 Å². The normalized spacial score (nSPS) is 10.6. The van der Waals surface area contributed by atoms with Crippen molar-refractivity contribution >= 4 is 28.1 Å². The summed E-state index contributed by atoms with van der Waals surface area (Å²) in [7, 11) is 0. The van der Waals surface area contributed by atoms with Gasteiger partial charge in [-0.1, -0.05) is 30.2 Å². The van der Waals surface area contributed by atoms with E-state index < -0.39 is 5.91 Å². The molecule has 0 aliphatic heterocycles. The van der Waals surface area contributed by atoms with Crippen LogP contribution in [0.25, 0.3) is 21.5 Å². The minimum atomic E-state index is -0.475. The number of carbonyl (C=O) groups is 1. The number of aromatic nitrogens is 3. The molecule has 1 amide bonds. The van der Waals surface area contributed by atoms with Crippen molar-refractivity contribution in [3.05, 3.63) is 70.9 Å². The lowest BCUT2D eigenvalue weighted by atomic mass is 10.1. The highest BCUT2D eigenvalue weighted by molar-refractivity contribution is 7.13. The van der Waals surface area contributed by atoms with Gasteiger partial charge in [0.25, 0.3) is 5.91 Å². The van der Waals surface area contributed by atoms with Gasteiger partial charge < -0.3 is 5.73 Å². The molecule has 132 valence electrons. The average molecular weight is 372 g/mol. The summed E-state index contributed by atoms with van der Waals surface area (Å²) < 4.78 is 1.80. The molecule has 2 aromatic carbocycles. The second-order valence-corrected chi connectivity index (χ2v) is 6.89. The number of rotatable bonds is 4. The SMILES string of the molecule is CC#Cc1ccc(C(N)=O)c2c1cnn2Cc1ccc(-c2nccs2)cc1. The first kappa shape index (κ1) is 17.0. The van der Waals surface area contributed by atoms with Crippen LogP contribution in [0.5, 0.6) is 0 Å². The third-order valence-corrected chi connectivity index (χ3v) is 5.11. The molecule has 0 saturated heterocycles. The van der Waals surface area contributed by atoms with E-state index in [4.69, 9.17) is 5.73 Å². The predicted octanol–water partition coefficient (Wildman–Crippen LogP) is 3.68. The number of thiazole rings is 1. The van der Waals surface area contributed by atoms with Crippen LogP contribution in [-0.2, 0) is 6.54 Å². The fourth-order valence-corrected chi connectivity index (χ4v) is 3.70. The maximum atomic E-state index is 11.9. The molecule has 2 aromatic heterocycles. The molecular weight excluding hydrogens is 356 g/mol. The molecule has 0 radical (unpaired) electrons. The smallest absolute Gasteiger partial charge is 0.250 e. The lowest BCUT2D eigenvalue weighted by molar-refractivity contribution is 0.100. The minimum absolute atomic E-state index is 0.448. The number of nitrogens with zero attached hydrogens (tertiary/aromatic N) is 3. The molecule has 0 unspecified atom stereocenters. The standard InChI is InChI=1S/C21H16N4OS/c1-2-3-15-8-9-17(20(22)26)19-18(15)12-24-25(19)13-14-4-6-16(7-5-14)21-23-10-11-27-21/h4-12H,13H2,1H3,(H2,22,26). The number of hydrogen-bond donors (Lipinski definition) is 1. The molecule has 6 heteroatoms. The van der Waals surface area contributed by atoms with Crippen LogP contribution in [0.3, 0.4) is 0 Å². The highest BCUT2D eigenvalue weighted by Gasteiger charge is 2.15. The van der Waals surface area contributed by atoms with Gasteiger partial charge in [-0.2, -0.15) is 5.10 Å². The predicted molar refractivity (Wildman–Crippen MR) is 107 cm³/mol. The molecule has 0 spiro atoms. The van der Waals surface area contributed by atoms with Crippen LogP contribution in [0.1, 0.15) is 28.4 Å². The van der Waals surface area contributed by atoms with Crippen LogP contribution in [0, 0.1) is 11.8 Å². The summed E-state index contributed by atoms with van der Waals surface area (Å²) in [5.74, 6) is 5.48. The quantitative estimate of drug-likeness (QED) is 0.555. The zero-order chi connectivity index (χ0) is 18.8. The van der Waals surface area contributed by atoms with Gasteiger partial charge in [-0.15, -0.1) is 17.3 Å². The van der Waals surface area contributed by atoms with E-state index in [1.807, 2.05) is 35.7 Å². The molecule has 0 aliphatic rings. The lowest BCUT2D eigenvalue weighted by Crippen LogP contribution is -2.14. The molecule has 0 fully saturated rings. The highest BCUT2D eigenvalue weighted by atomic mass is 32.1. The third kappa shape index (κ3) is 3.21. The molecule has 4 aromatic rings. The second-order valence-electron chi connectivity index (χ2n) is 6.00. The van der Waals surface area contributed by atoms with Crippen LogP contribution in [0.2, 0.25) is 0 Å². The summed E-state index contributed by atoms with van der Waals surface area (Å²) in [6.45, 7) is 2.31. The zero-order valence-corrected chi connectivity index (χ0v) is 15.5. The molecule has 0 aliphatic carbocycles. The van der Waals surface area contributed by atoms with Crippen LogP contribution in [0.15, 0.2) is 54.2 Å². The first-order chi connectivity index (χ1) is 13.2. The maximum Gasteiger partial charge on any atom is 0.250 e. The van der Waals surface area contributed by atoms with Crippen molar-refractivity contribution in [3.63, 3.8) is 0 Å². The van der Waals surface area contributed by atoms with Gasteiger partial charge >= 0.3 is 0 Å². The van der Waals surface area contributed by atoms with Crippen molar-refractivity contribution in [1.82, 2.24) is 14.8 Å². The monoisotopic (exact) mass is 372 g/mol. The van der Waals surface area contributed by atoms with E-state index in [1.165, 1.54) is 0 Å². The Labute approximate surface area is 160 Å². The molecule has 0 atom stereocenters. The molecular formula is C21H16N4OS. The van der Waals surface area contributed by atoms with Crippen LogP contribution in [-0.4, -0.2) is 20.7 Å². The van der Waals surface area contributed by atoms with Crippen molar-refractivity contribution in [3.8, 4) is 22.4 Å². The highest BCUT2D eigenvalue weighted by Crippen LogP contribution is 2.25. The Bertz CT molecular complexity index is 1180. The largest absolute Gasteiger partial charge is 0.366 e. The number of amides is 1. The van der Waals surface area contributed by atoms with E-state index in [1.54, 1.807) is 41.4 Å². The fourth-order valence-electron chi connectivity index (χ4n) is 3.06. The van der Waals surface area contributed by atoms with Gasteiger partial charge in [0.15, 0.2) is 0 Å². The Kier molecular flexibility index (Phi) is 4.45. The summed E-state index contributed by atoms with van der Waals surface area (Å²) in [5, 5.41) is 8.26. The lowest BCUT2D eigenvalue weighted by Gasteiger charge is -2.08. The topological polar surface area (TPSA) is 73.8 Å². The van der Waals surface area contributed by atoms with Gasteiger partial charge in [-0.3, -0.25) is 9.48 Å². The number of carbonyl (C=O) groups excluding carboxylic acids is 1. The Balaban J connectivity index is 1.74. The van der Waals surface area contributed by atoms with Gasteiger partial charge in [-0.05, 0) is 24.6 Å². The van der Waals surface area contributed by atoms with Gasteiger partial charge in [0.1, 0.15) is 5.01 Å². The molecule has 2 N–H and O–H groups in total. The summed E-state index contributed by atoms with van der Waals surface area (Å²) in [5.41, 5.74) is 9.73. The fraction of sp³-hybridized carbons (Fsp3) is 0.0952. The van der Waals surface area contributed by atoms with Gasteiger partial charge in [0.05, 0.1) is 23.8 Å². The van der Waals surface area contributed by atoms with E-state index in [2.05, 4.69) is 21.9 Å².